The van der Waals surface area contributed by atoms with Gasteiger partial charge in [-0.2, -0.15) is 0 Å². The highest BCUT2D eigenvalue weighted by atomic mass is 32.2. The van der Waals surface area contributed by atoms with E-state index in [1.54, 1.807) is 19.1 Å². The molecule has 2 heterocycles. The van der Waals surface area contributed by atoms with Crippen molar-refractivity contribution in [2.45, 2.75) is 32.6 Å². The van der Waals surface area contributed by atoms with Crippen molar-refractivity contribution in [3.8, 4) is 11.3 Å². The van der Waals surface area contributed by atoms with Gasteiger partial charge in [0.2, 0.25) is 0 Å². The molecule has 1 N–H and O–H groups in total. The molecule has 0 amide bonds. The number of hydrogen-bond acceptors (Lipinski definition) is 5. The van der Waals surface area contributed by atoms with E-state index in [9.17, 15) is 8.42 Å². The SMILES string of the molecule is Cc1ccc(NS(=O)(=O)c2c(C)sc(C)c2-c2ccno2)c(C)c1. The molecule has 2 aromatic heterocycles. The second-order valence-corrected chi connectivity index (χ2v) is 8.77. The van der Waals surface area contributed by atoms with Crippen molar-refractivity contribution in [1.29, 1.82) is 0 Å². The van der Waals surface area contributed by atoms with Crippen LogP contribution >= 0.6 is 11.3 Å². The molecule has 0 bridgehead atoms. The van der Waals surface area contributed by atoms with Crippen molar-refractivity contribution < 1.29 is 12.9 Å². The van der Waals surface area contributed by atoms with E-state index in [-0.39, 0.29) is 4.90 Å². The number of hydrogen-bond donors (Lipinski definition) is 1. The molecule has 0 aliphatic rings. The minimum atomic E-state index is -3.74. The van der Waals surface area contributed by atoms with Crippen molar-refractivity contribution in [2.75, 3.05) is 4.72 Å². The number of aryl methyl sites for hydroxylation is 4. The van der Waals surface area contributed by atoms with Gasteiger partial charge in [-0.25, -0.2) is 8.42 Å². The van der Waals surface area contributed by atoms with E-state index in [0.29, 0.717) is 17.0 Å². The molecule has 0 aliphatic heterocycles. The zero-order valence-electron chi connectivity index (χ0n) is 13.9. The molecule has 24 heavy (non-hydrogen) atoms. The fourth-order valence-corrected chi connectivity index (χ4v) is 5.74. The quantitative estimate of drug-likeness (QED) is 0.745. The van der Waals surface area contributed by atoms with Gasteiger partial charge >= 0.3 is 0 Å². The van der Waals surface area contributed by atoms with Gasteiger partial charge in [0, 0.05) is 15.8 Å². The zero-order valence-corrected chi connectivity index (χ0v) is 15.5. The smallest absolute Gasteiger partial charge is 0.263 e. The second kappa shape index (κ2) is 6.07. The van der Waals surface area contributed by atoms with Crippen molar-refractivity contribution in [1.82, 2.24) is 5.16 Å². The van der Waals surface area contributed by atoms with Crippen LogP contribution in [-0.4, -0.2) is 13.6 Å². The van der Waals surface area contributed by atoms with E-state index in [4.69, 9.17) is 4.52 Å². The third-order valence-corrected chi connectivity index (χ3v) is 6.47. The number of sulfonamides is 1. The van der Waals surface area contributed by atoms with Gasteiger partial charge in [-0.3, -0.25) is 4.72 Å². The molecule has 7 heteroatoms. The van der Waals surface area contributed by atoms with Crippen LogP contribution in [0.5, 0.6) is 0 Å². The first kappa shape index (κ1) is 16.7. The van der Waals surface area contributed by atoms with E-state index >= 15 is 0 Å². The average Bonchev–Trinajstić information content (AvgIpc) is 3.09. The van der Waals surface area contributed by atoms with E-state index in [0.717, 1.165) is 20.9 Å². The Bertz CT molecular complexity index is 987. The predicted molar refractivity (Wildman–Crippen MR) is 96.0 cm³/mol. The molecule has 0 radical (unpaired) electrons. The number of rotatable bonds is 4. The summed E-state index contributed by atoms with van der Waals surface area (Å²) in [5, 5.41) is 3.69. The van der Waals surface area contributed by atoms with Gasteiger partial charge in [-0.1, -0.05) is 22.9 Å². The molecule has 0 fully saturated rings. The maximum Gasteiger partial charge on any atom is 0.263 e. The summed E-state index contributed by atoms with van der Waals surface area (Å²) < 4.78 is 34.0. The first-order valence-corrected chi connectivity index (χ1v) is 9.70. The van der Waals surface area contributed by atoms with Crippen LogP contribution in [0.25, 0.3) is 11.3 Å². The second-order valence-electron chi connectivity index (χ2n) is 5.72. The van der Waals surface area contributed by atoms with Crippen LogP contribution in [0, 0.1) is 27.7 Å². The number of benzene rings is 1. The van der Waals surface area contributed by atoms with Crippen LogP contribution in [0.1, 0.15) is 20.9 Å². The topological polar surface area (TPSA) is 72.2 Å². The highest BCUT2D eigenvalue weighted by Crippen LogP contribution is 2.39. The van der Waals surface area contributed by atoms with E-state index in [1.165, 1.54) is 17.5 Å². The Hall–Kier alpha value is -2.12. The van der Waals surface area contributed by atoms with Crippen LogP contribution in [0.15, 0.2) is 39.9 Å². The Balaban J connectivity index is 2.11. The molecule has 0 unspecified atom stereocenters. The minimum absolute atomic E-state index is 0.252. The largest absolute Gasteiger partial charge is 0.356 e. The van der Waals surface area contributed by atoms with Gasteiger partial charge in [0.05, 0.1) is 17.4 Å². The molecule has 3 rings (SSSR count). The van der Waals surface area contributed by atoms with Crippen LogP contribution in [-0.2, 0) is 10.0 Å². The molecule has 5 nitrogen and oxygen atoms in total. The van der Waals surface area contributed by atoms with E-state index in [2.05, 4.69) is 9.88 Å². The first-order chi connectivity index (χ1) is 11.3. The van der Waals surface area contributed by atoms with Crippen LogP contribution in [0.2, 0.25) is 0 Å². The average molecular weight is 362 g/mol. The van der Waals surface area contributed by atoms with Gasteiger partial charge < -0.3 is 4.52 Å². The van der Waals surface area contributed by atoms with Crippen molar-refractivity contribution >= 4 is 27.0 Å². The molecule has 0 saturated heterocycles. The van der Waals surface area contributed by atoms with E-state index < -0.39 is 10.0 Å². The van der Waals surface area contributed by atoms with Crippen molar-refractivity contribution in [2.24, 2.45) is 0 Å². The third kappa shape index (κ3) is 2.97. The number of aromatic nitrogens is 1. The Morgan fingerprint density at radius 2 is 1.83 bits per heavy atom. The Labute approximate surface area is 145 Å². The third-order valence-electron chi connectivity index (χ3n) is 3.78. The normalized spacial score (nSPS) is 11.7. The number of anilines is 1. The lowest BCUT2D eigenvalue weighted by molar-refractivity contribution is 0.431. The summed E-state index contributed by atoms with van der Waals surface area (Å²) >= 11 is 1.43. The van der Waals surface area contributed by atoms with Gasteiger partial charge in [0.1, 0.15) is 4.90 Å². The maximum absolute atomic E-state index is 13.0. The van der Waals surface area contributed by atoms with E-state index in [1.807, 2.05) is 32.9 Å². The number of nitrogens with zero attached hydrogens (tertiary/aromatic N) is 1. The van der Waals surface area contributed by atoms with Crippen LogP contribution < -0.4 is 4.72 Å². The summed E-state index contributed by atoms with van der Waals surface area (Å²) in [5.41, 5.74) is 3.12. The van der Waals surface area contributed by atoms with Gasteiger partial charge in [-0.15, -0.1) is 11.3 Å². The molecular formula is C17H18N2O3S2. The fraction of sp³-hybridized carbons (Fsp3) is 0.235. The fourth-order valence-electron chi connectivity index (χ4n) is 2.74. The van der Waals surface area contributed by atoms with Gasteiger partial charge in [0.15, 0.2) is 5.76 Å². The summed E-state index contributed by atoms with van der Waals surface area (Å²) in [6.07, 6.45) is 1.51. The Kier molecular flexibility index (Phi) is 4.23. The number of nitrogens with one attached hydrogen (secondary N) is 1. The summed E-state index contributed by atoms with van der Waals surface area (Å²) in [6, 6.07) is 7.28. The van der Waals surface area contributed by atoms with Crippen molar-refractivity contribution in [3.63, 3.8) is 0 Å². The monoisotopic (exact) mass is 362 g/mol. The molecule has 0 aliphatic carbocycles. The Morgan fingerprint density at radius 3 is 2.46 bits per heavy atom. The lowest BCUT2D eigenvalue weighted by Gasteiger charge is -2.12. The molecular weight excluding hydrogens is 344 g/mol. The summed E-state index contributed by atoms with van der Waals surface area (Å²) in [4.78, 5) is 1.85. The predicted octanol–water partition coefficient (Wildman–Crippen LogP) is 4.44. The van der Waals surface area contributed by atoms with Gasteiger partial charge in [-0.05, 0) is 39.3 Å². The lowest BCUT2D eigenvalue weighted by atomic mass is 10.1. The molecule has 0 atom stereocenters. The number of thiophene rings is 1. The lowest BCUT2D eigenvalue weighted by Crippen LogP contribution is -2.15. The molecule has 126 valence electrons. The Morgan fingerprint density at radius 1 is 1.08 bits per heavy atom. The first-order valence-electron chi connectivity index (χ1n) is 7.40. The maximum atomic E-state index is 13.0. The highest BCUT2D eigenvalue weighted by Gasteiger charge is 2.28. The standard InChI is InChI=1S/C17H18N2O3S2/c1-10-5-6-14(11(2)9-10)19-24(20,21)17-13(4)23-12(3)16(17)15-7-8-18-22-15/h5-9,19H,1-4H3. The van der Waals surface area contributed by atoms with Crippen molar-refractivity contribution in [3.05, 3.63) is 51.3 Å². The summed E-state index contributed by atoms with van der Waals surface area (Å²) in [5.74, 6) is 0.456. The minimum Gasteiger partial charge on any atom is -0.356 e. The summed E-state index contributed by atoms with van der Waals surface area (Å²) in [7, 11) is -3.74. The van der Waals surface area contributed by atoms with Gasteiger partial charge in [0.25, 0.3) is 10.0 Å². The molecule has 1 aromatic carbocycles. The molecule has 0 saturated carbocycles. The molecule has 0 spiro atoms. The zero-order chi connectivity index (χ0) is 17.5. The van der Waals surface area contributed by atoms with Crippen LogP contribution in [0.3, 0.4) is 0 Å². The highest BCUT2D eigenvalue weighted by molar-refractivity contribution is 7.93. The summed E-state index contributed by atoms with van der Waals surface area (Å²) in [6.45, 7) is 7.54. The molecule has 3 aromatic rings. The van der Waals surface area contributed by atoms with Crippen LogP contribution in [0.4, 0.5) is 5.69 Å².